The first-order chi connectivity index (χ1) is 0. The normalized spacial score (nSPS) is 0. The maximum absolute atomic E-state index is 0. The summed E-state index contributed by atoms with van der Waals surface area (Å²) in [6.45, 7) is 0. The van der Waals surface area contributed by atoms with E-state index in [1.54, 1.807) is 0 Å². The summed E-state index contributed by atoms with van der Waals surface area (Å²) < 4.78 is 0. The summed E-state index contributed by atoms with van der Waals surface area (Å²) in [6, 6.07) is 0. The molecule has 0 aromatic rings. The van der Waals surface area contributed by atoms with Crippen molar-refractivity contribution in [1.82, 2.24) is 0 Å². The quantitative estimate of drug-likeness (QED) is 0.380. The molecule has 0 saturated carbocycles. The number of hydrogen-bond donors (Lipinski definition) is 0. The first-order valence-electron chi connectivity index (χ1n) is 0. The average molecular weight is 275 g/mol. The molecule has 56 valence electrons. The van der Waals surface area contributed by atoms with Crippen LogP contribution in [0.1, 0.15) is 0 Å². The van der Waals surface area contributed by atoms with Gasteiger partial charge < -0.3 is 32.9 Å². The molecule has 0 fully saturated rings. The van der Waals surface area contributed by atoms with Crippen molar-refractivity contribution < 1.29 is 32.9 Å². The molecule has 0 heterocycles. The van der Waals surface area contributed by atoms with Crippen LogP contribution in [0.15, 0.2) is 0 Å². The minimum absolute atomic E-state index is 0. The Hall–Kier alpha value is 2.56. The Labute approximate surface area is 114 Å². The summed E-state index contributed by atoms with van der Waals surface area (Å²) in [5, 5.41) is 0. The van der Waals surface area contributed by atoms with Crippen LogP contribution in [-0.2, 0) is 0 Å². The van der Waals surface area contributed by atoms with Crippen molar-refractivity contribution in [3.8, 4) is 0 Å². The van der Waals surface area contributed by atoms with E-state index in [1.165, 1.54) is 0 Å². The fourth-order valence-corrected chi connectivity index (χ4v) is 0. The van der Waals surface area contributed by atoms with E-state index in [4.69, 9.17) is 0 Å². The molecule has 0 atom stereocenters. The Balaban J connectivity index is 0. The van der Waals surface area contributed by atoms with Crippen LogP contribution < -0.4 is 0 Å². The first-order valence-corrected chi connectivity index (χ1v) is 0. The van der Waals surface area contributed by atoms with Crippen molar-refractivity contribution in [3.63, 3.8) is 0 Å². The largest absolute Gasteiger partial charge is 0 e. The molecule has 0 aromatic carbocycles. The molecular formula is H14Na2O6Sn. The van der Waals surface area contributed by atoms with Crippen molar-refractivity contribution in [2.45, 2.75) is 0 Å². The van der Waals surface area contributed by atoms with Crippen LogP contribution in [0.25, 0.3) is 0 Å². The molecular weight excluding hydrogens is 261 g/mol. The summed E-state index contributed by atoms with van der Waals surface area (Å²) in [6.07, 6.45) is 0. The minimum Gasteiger partial charge on any atom is 0 e. The van der Waals surface area contributed by atoms with Gasteiger partial charge in [0.25, 0.3) is 0 Å². The predicted molar refractivity (Wildman–Crippen MR) is 41.7 cm³/mol. The molecule has 12 N–H and O–H groups in total. The van der Waals surface area contributed by atoms with Gasteiger partial charge in [0.2, 0.25) is 0 Å². The van der Waals surface area contributed by atoms with Gasteiger partial charge in [-0.05, 0) is 0 Å². The maximum Gasteiger partial charge on any atom is 0 e. The molecule has 0 saturated heterocycles. The Morgan fingerprint density at radius 2 is 0.333 bits per heavy atom. The van der Waals surface area contributed by atoms with E-state index < -0.39 is 0 Å². The van der Waals surface area contributed by atoms with Crippen LogP contribution in [0, 0.1) is 0 Å². The second-order valence-corrected chi connectivity index (χ2v) is 0. The Bertz CT molecular complexity index is 11.0. The van der Waals surface area contributed by atoms with E-state index >= 15 is 0 Å². The Morgan fingerprint density at radius 3 is 0.333 bits per heavy atom. The zero-order valence-electron chi connectivity index (χ0n) is 3.50. The van der Waals surface area contributed by atoms with Crippen molar-refractivity contribution >= 4 is 83.0 Å². The standard InChI is InChI=1S/2Na.6H2O.Sn.2H/h;;6*1H2;;;. The molecule has 0 unspecified atom stereocenters. The van der Waals surface area contributed by atoms with Gasteiger partial charge in [0.15, 0.2) is 0 Å². The van der Waals surface area contributed by atoms with Gasteiger partial charge in [-0.15, -0.1) is 0 Å². The third-order valence-electron chi connectivity index (χ3n) is 0. The van der Waals surface area contributed by atoms with Crippen LogP contribution in [0.5, 0.6) is 0 Å². The van der Waals surface area contributed by atoms with Crippen LogP contribution >= 0.6 is 0 Å². The van der Waals surface area contributed by atoms with Gasteiger partial charge in [-0.2, -0.15) is 0 Å². The van der Waals surface area contributed by atoms with E-state index in [2.05, 4.69) is 0 Å². The van der Waals surface area contributed by atoms with Crippen molar-refractivity contribution in [2.75, 3.05) is 0 Å². The van der Waals surface area contributed by atoms with E-state index in [9.17, 15) is 0 Å². The summed E-state index contributed by atoms with van der Waals surface area (Å²) in [4.78, 5) is 0. The summed E-state index contributed by atoms with van der Waals surface area (Å²) in [7, 11) is 0. The van der Waals surface area contributed by atoms with Gasteiger partial charge in [0.1, 0.15) is 0 Å². The molecule has 4 radical (unpaired) electrons. The van der Waals surface area contributed by atoms with Crippen LogP contribution in [0.2, 0.25) is 0 Å². The van der Waals surface area contributed by atoms with E-state index in [-0.39, 0.29) is 116 Å². The second-order valence-electron chi connectivity index (χ2n) is 0. The first kappa shape index (κ1) is 197. The number of hydrogen-bond acceptors (Lipinski definition) is 0. The van der Waals surface area contributed by atoms with E-state index in [1.807, 2.05) is 0 Å². The monoisotopic (exact) mass is 276 g/mol. The molecule has 0 rings (SSSR count). The summed E-state index contributed by atoms with van der Waals surface area (Å²) in [5.74, 6) is 0. The minimum atomic E-state index is 0. The molecule has 0 aliphatic rings. The molecule has 0 aliphatic heterocycles. The number of rotatable bonds is 0. The summed E-state index contributed by atoms with van der Waals surface area (Å²) in [5.41, 5.74) is 0. The molecule has 6 nitrogen and oxygen atoms in total. The van der Waals surface area contributed by atoms with E-state index in [0.717, 1.165) is 0 Å². The van der Waals surface area contributed by atoms with Gasteiger partial charge >= 0.3 is 59.1 Å². The van der Waals surface area contributed by atoms with Crippen LogP contribution in [0.4, 0.5) is 0 Å². The predicted octanol–water partition coefficient (Wildman–Crippen LogP) is -6.63. The molecule has 9 heteroatoms. The Kier molecular flexibility index (Phi) is 3220. The molecule has 0 amide bonds. The van der Waals surface area contributed by atoms with Crippen molar-refractivity contribution in [2.24, 2.45) is 0 Å². The maximum atomic E-state index is 0. The van der Waals surface area contributed by atoms with Gasteiger partial charge in [-0.25, -0.2) is 0 Å². The van der Waals surface area contributed by atoms with Crippen molar-refractivity contribution in [1.29, 1.82) is 0 Å². The molecule has 0 spiro atoms. The molecule has 0 bridgehead atoms. The third-order valence-corrected chi connectivity index (χ3v) is 0. The fraction of sp³-hybridized carbons (Fsp3) is 0. The van der Waals surface area contributed by atoms with Crippen LogP contribution in [0.3, 0.4) is 0 Å². The Morgan fingerprint density at radius 1 is 0.333 bits per heavy atom. The van der Waals surface area contributed by atoms with Gasteiger partial charge in [0, 0.05) is 23.9 Å². The zero-order chi connectivity index (χ0) is 0. The molecule has 9 heavy (non-hydrogen) atoms. The molecule has 0 aliphatic carbocycles. The SMILES string of the molecule is O.O.O.O.O.O.[NaH].[NaH].[Sn]. The van der Waals surface area contributed by atoms with Gasteiger partial charge in [-0.1, -0.05) is 0 Å². The van der Waals surface area contributed by atoms with Crippen molar-refractivity contribution in [3.05, 3.63) is 0 Å². The topological polar surface area (TPSA) is 189 Å². The average Bonchev–Trinajstić information content (AvgIpc) is 0. The van der Waals surface area contributed by atoms with Crippen LogP contribution in [-0.4, -0.2) is 116 Å². The smallest absolute Gasteiger partial charge is 0 e. The molecule has 0 aromatic heterocycles. The fourth-order valence-electron chi connectivity index (χ4n) is 0. The zero-order valence-corrected chi connectivity index (χ0v) is 6.35. The second kappa shape index (κ2) is 147. The summed E-state index contributed by atoms with van der Waals surface area (Å²) >= 11 is 0. The van der Waals surface area contributed by atoms with E-state index in [0.29, 0.717) is 0 Å². The van der Waals surface area contributed by atoms with Gasteiger partial charge in [0.05, 0.1) is 0 Å². The van der Waals surface area contributed by atoms with Gasteiger partial charge in [-0.3, -0.25) is 0 Å². The third kappa shape index (κ3) is 118.